The summed E-state index contributed by atoms with van der Waals surface area (Å²) >= 11 is 0. The Balaban J connectivity index is 3.23. The predicted molar refractivity (Wildman–Crippen MR) is 56.0 cm³/mol. The molecule has 1 atom stereocenters. The lowest BCUT2D eigenvalue weighted by molar-refractivity contribution is -0.119. The van der Waals surface area contributed by atoms with Crippen molar-refractivity contribution in [2.24, 2.45) is 5.92 Å². The van der Waals surface area contributed by atoms with Gasteiger partial charge in [-0.15, -0.1) is 0 Å². The smallest absolute Gasteiger partial charge is 0.216 e. The summed E-state index contributed by atoms with van der Waals surface area (Å²) in [7, 11) is 0. The SMILES string of the molecule is CC(=O)NCCC(C)CCNCC=O. The number of nitrogens with one attached hydrogen (secondary N) is 2. The topological polar surface area (TPSA) is 58.2 Å². The van der Waals surface area contributed by atoms with Gasteiger partial charge in [-0.2, -0.15) is 0 Å². The van der Waals surface area contributed by atoms with Gasteiger partial charge in [-0.3, -0.25) is 4.79 Å². The lowest BCUT2D eigenvalue weighted by atomic mass is 10.0. The highest BCUT2D eigenvalue weighted by molar-refractivity contribution is 5.72. The first-order valence-corrected chi connectivity index (χ1v) is 5.05. The Kier molecular flexibility index (Phi) is 8.13. The molecule has 0 aromatic rings. The maximum absolute atomic E-state index is 10.6. The van der Waals surface area contributed by atoms with E-state index in [-0.39, 0.29) is 5.91 Å². The minimum Gasteiger partial charge on any atom is -0.356 e. The van der Waals surface area contributed by atoms with Crippen LogP contribution in [0, 0.1) is 5.92 Å². The summed E-state index contributed by atoms with van der Waals surface area (Å²) in [6.45, 7) is 5.70. The molecule has 0 saturated carbocycles. The quantitative estimate of drug-likeness (QED) is 0.438. The molecular weight excluding hydrogens is 180 g/mol. The Morgan fingerprint density at radius 1 is 1.36 bits per heavy atom. The lowest BCUT2D eigenvalue weighted by Gasteiger charge is -2.11. The summed E-state index contributed by atoms with van der Waals surface area (Å²) in [5.74, 6) is 0.595. The van der Waals surface area contributed by atoms with Gasteiger partial charge in [0, 0.05) is 13.5 Å². The molecule has 0 bridgehead atoms. The molecule has 4 nitrogen and oxygen atoms in total. The Hall–Kier alpha value is -0.900. The van der Waals surface area contributed by atoms with E-state index in [0.717, 1.165) is 32.2 Å². The van der Waals surface area contributed by atoms with Crippen LogP contribution in [0.4, 0.5) is 0 Å². The molecule has 0 radical (unpaired) electrons. The van der Waals surface area contributed by atoms with Crippen LogP contribution in [-0.2, 0) is 9.59 Å². The van der Waals surface area contributed by atoms with Gasteiger partial charge < -0.3 is 15.4 Å². The number of amides is 1. The summed E-state index contributed by atoms with van der Waals surface area (Å²) in [5, 5.41) is 5.77. The van der Waals surface area contributed by atoms with E-state index in [2.05, 4.69) is 17.6 Å². The van der Waals surface area contributed by atoms with E-state index < -0.39 is 0 Å². The molecule has 0 aliphatic heterocycles. The van der Waals surface area contributed by atoms with Crippen molar-refractivity contribution in [3.8, 4) is 0 Å². The zero-order valence-electron chi connectivity index (χ0n) is 9.01. The predicted octanol–water partition coefficient (Wildman–Crippen LogP) is 0.327. The lowest BCUT2D eigenvalue weighted by Crippen LogP contribution is -2.24. The number of rotatable bonds is 8. The van der Waals surface area contributed by atoms with Crippen molar-refractivity contribution in [2.45, 2.75) is 26.7 Å². The molecule has 14 heavy (non-hydrogen) atoms. The molecule has 4 heteroatoms. The Bertz CT molecular complexity index is 172. The molecule has 1 amide bonds. The van der Waals surface area contributed by atoms with E-state index in [0.29, 0.717) is 12.5 Å². The second kappa shape index (κ2) is 8.69. The first kappa shape index (κ1) is 13.1. The van der Waals surface area contributed by atoms with Gasteiger partial charge in [-0.1, -0.05) is 6.92 Å². The van der Waals surface area contributed by atoms with Crippen LogP contribution in [0.5, 0.6) is 0 Å². The Morgan fingerprint density at radius 3 is 2.57 bits per heavy atom. The van der Waals surface area contributed by atoms with Crippen LogP contribution in [0.15, 0.2) is 0 Å². The summed E-state index contributed by atoms with van der Waals surface area (Å²) in [4.78, 5) is 20.5. The van der Waals surface area contributed by atoms with E-state index in [1.165, 1.54) is 6.92 Å². The van der Waals surface area contributed by atoms with E-state index in [9.17, 15) is 9.59 Å². The summed E-state index contributed by atoms with van der Waals surface area (Å²) in [5.41, 5.74) is 0. The third kappa shape index (κ3) is 9.19. The zero-order chi connectivity index (χ0) is 10.8. The van der Waals surface area contributed by atoms with Crippen LogP contribution in [0.3, 0.4) is 0 Å². The number of hydrogen-bond donors (Lipinski definition) is 2. The van der Waals surface area contributed by atoms with Crippen molar-refractivity contribution in [1.82, 2.24) is 10.6 Å². The van der Waals surface area contributed by atoms with Gasteiger partial charge in [0.15, 0.2) is 0 Å². The summed E-state index contributed by atoms with van der Waals surface area (Å²) in [6.07, 6.45) is 2.89. The van der Waals surface area contributed by atoms with E-state index >= 15 is 0 Å². The first-order valence-electron chi connectivity index (χ1n) is 5.05. The average molecular weight is 200 g/mol. The fourth-order valence-electron chi connectivity index (χ4n) is 1.15. The molecule has 0 aliphatic rings. The summed E-state index contributed by atoms with van der Waals surface area (Å²) in [6, 6.07) is 0. The van der Waals surface area contributed by atoms with Crippen molar-refractivity contribution in [3.05, 3.63) is 0 Å². The maximum Gasteiger partial charge on any atom is 0.216 e. The highest BCUT2D eigenvalue weighted by Gasteiger charge is 2.01. The van der Waals surface area contributed by atoms with Gasteiger partial charge in [0.2, 0.25) is 5.91 Å². The number of carbonyl (C=O) groups excluding carboxylic acids is 2. The highest BCUT2D eigenvalue weighted by Crippen LogP contribution is 2.04. The molecular formula is C10H20N2O2. The number of hydrogen-bond acceptors (Lipinski definition) is 3. The average Bonchev–Trinajstić information content (AvgIpc) is 2.12. The maximum atomic E-state index is 10.6. The molecule has 0 rings (SSSR count). The molecule has 0 fully saturated rings. The van der Waals surface area contributed by atoms with Crippen molar-refractivity contribution in [3.63, 3.8) is 0 Å². The molecule has 82 valence electrons. The highest BCUT2D eigenvalue weighted by atomic mass is 16.1. The van der Waals surface area contributed by atoms with Gasteiger partial charge in [-0.25, -0.2) is 0 Å². The van der Waals surface area contributed by atoms with Crippen LogP contribution < -0.4 is 10.6 Å². The van der Waals surface area contributed by atoms with Crippen molar-refractivity contribution in [1.29, 1.82) is 0 Å². The van der Waals surface area contributed by atoms with Crippen molar-refractivity contribution in [2.75, 3.05) is 19.6 Å². The minimum atomic E-state index is 0.0243. The van der Waals surface area contributed by atoms with Gasteiger partial charge in [0.25, 0.3) is 0 Å². The molecule has 0 saturated heterocycles. The van der Waals surface area contributed by atoms with Crippen LogP contribution >= 0.6 is 0 Å². The molecule has 2 N–H and O–H groups in total. The van der Waals surface area contributed by atoms with Gasteiger partial charge in [-0.05, 0) is 25.3 Å². The number of aldehydes is 1. The zero-order valence-corrected chi connectivity index (χ0v) is 9.01. The molecule has 1 unspecified atom stereocenters. The van der Waals surface area contributed by atoms with Crippen molar-refractivity contribution < 1.29 is 9.59 Å². The molecule has 0 aromatic carbocycles. The molecule has 0 aliphatic carbocycles. The second-order valence-electron chi connectivity index (χ2n) is 3.54. The molecule has 0 heterocycles. The molecule has 0 aromatic heterocycles. The Morgan fingerprint density at radius 2 is 2.00 bits per heavy atom. The largest absolute Gasteiger partial charge is 0.356 e. The van der Waals surface area contributed by atoms with Gasteiger partial charge in [0.1, 0.15) is 6.29 Å². The normalized spacial score (nSPS) is 12.1. The van der Waals surface area contributed by atoms with Crippen LogP contribution in [0.25, 0.3) is 0 Å². The third-order valence-corrected chi connectivity index (χ3v) is 2.05. The van der Waals surface area contributed by atoms with Crippen LogP contribution in [0.1, 0.15) is 26.7 Å². The monoisotopic (exact) mass is 200 g/mol. The van der Waals surface area contributed by atoms with E-state index in [4.69, 9.17) is 0 Å². The van der Waals surface area contributed by atoms with Gasteiger partial charge >= 0.3 is 0 Å². The summed E-state index contributed by atoms with van der Waals surface area (Å²) < 4.78 is 0. The van der Waals surface area contributed by atoms with Crippen LogP contribution in [-0.4, -0.2) is 31.8 Å². The second-order valence-corrected chi connectivity index (χ2v) is 3.54. The minimum absolute atomic E-state index is 0.0243. The standard InChI is InChI=1S/C10H20N2O2/c1-9(3-5-11-7-8-13)4-6-12-10(2)14/h8-9,11H,3-7H2,1-2H3,(H,12,14). The van der Waals surface area contributed by atoms with E-state index in [1.807, 2.05) is 0 Å². The molecule has 0 spiro atoms. The first-order chi connectivity index (χ1) is 6.66. The van der Waals surface area contributed by atoms with Crippen LogP contribution in [0.2, 0.25) is 0 Å². The fraction of sp³-hybridized carbons (Fsp3) is 0.800. The third-order valence-electron chi connectivity index (χ3n) is 2.05. The van der Waals surface area contributed by atoms with Crippen molar-refractivity contribution >= 4 is 12.2 Å². The fourth-order valence-corrected chi connectivity index (χ4v) is 1.15. The Labute approximate surface area is 85.4 Å². The number of carbonyl (C=O) groups is 2. The van der Waals surface area contributed by atoms with E-state index in [1.54, 1.807) is 0 Å². The van der Waals surface area contributed by atoms with Gasteiger partial charge in [0.05, 0.1) is 6.54 Å².